The Bertz CT molecular complexity index is 1130. The maximum absolute atomic E-state index is 13.1. The molecule has 156 valence electrons. The third kappa shape index (κ3) is 4.11. The normalized spacial score (nSPS) is 14.8. The van der Waals surface area contributed by atoms with Crippen molar-refractivity contribution in [2.75, 3.05) is 20.1 Å². The summed E-state index contributed by atoms with van der Waals surface area (Å²) in [5, 5.41) is 1.81. The highest BCUT2D eigenvalue weighted by Gasteiger charge is 2.29. The maximum atomic E-state index is 13.1. The summed E-state index contributed by atoms with van der Waals surface area (Å²) in [5.41, 5.74) is 0.878. The van der Waals surface area contributed by atoms with Gasteiger partial charge >= 0.3 is 0 Å². The Kier molecular flexibility index (Phi) is 5.63. The highest BCUT2D eigenvalue weighted by Crippen LogP contribution is 2.22. The first kappa shape index (κ1) is 20.2. The summed E-state index contributed by atoms with van der Waals surface area (Å²) in [6, 6.07) is 7.27. The van der Waals surface area contributed by atoms with Crippen molar-refractivity contribution in [3.05, 3.63) is 63.3 Å². The molecule has 4 rings (SSSR count). The summed E-state index contributed by atoms with van der Waals surface area (Å²) in [4.78, 5) is 47.9. The van der Waals surface area contributed by atoms with Gasteiger partial charge < -0.3 is 14.8 Å². The summed E-state index contributed by atoms with van der Waals surface area (Å²) in [5.74, 6) is -0.306. The van der Waals surface area contributed by atoms with Gasteiger partial charge in [-0.25, -0.2) is 9.37 Å². The van der Waals surface area contributed by atoms with Crippen molar-refractivity contribution in [3.63, 3.8) is 0 Å². The Hall–Kier alpha value is -3.07. The zero-order valence-electron chi connectivity index (χ0n) is 16.4. The molecular formula is C21H21FN4O3S. The van der Waals surface area contributed by atoms with Crippen molar-refractivity contribution in [1.29, 1.82) is 0 Å². The Labute approximate surface area is 176 Å². The van der Waals surface area contributed by atoms with E-state index in [1.54, 1.807) is 22.9 Å². The monoisotopic (exact) mass is 428 g/mol. The van der Waals surface area contributed by atoms with Crippen LogP contribution in [0.4, 0.5) is 4.39 Å². The fraction of sp³-hybridized carbons (Fsp3) is 0.333. The molecule has 1 saturated heterocycles. The fourth-order valence-corrected chi connectivity index (χ4v) is 4.44. The number of aromatic nitrogens is 2. The second-order valence-corrected chi connectivity index (χ2v) is 8.33. The van der Waals surface area contributed by atoms with Crippen LogP contribution in [0.2, 0.25) is 0 Å². The Morgan fingerprint density at radius 2 is 1.93 bits per heavy atom. The van der Waals surface area contributed by atoms with E-state index >= 15 is 0 Å². The second kappa shape index (κ2) is 8.35. The van der Waals surface area contributed by atoms with Gasteiger partial charge in [-0.05, 0) is 48.6 Å². The predicted molar refractivity (Wildman–Crippen MR) is 112 cm³/mol. The number of rotatable bonds is 4. The van der Waals surface area contributed by atoms with Gasteiger partial charge in [0.2, 0.25) is 5.91 Å². The number of likely N-dealkylation sites (tertiary alicyclic amines) is 1. The van der Waals surface area contributed by atoms with Crippen LogP contribution in [-0.2, 0) is 11.3 Å². The van der Waals surface area contributed by atoms with Gasteiger partial charge in [-0.15, -0.1) is 11.3 Å². The van der Waals surface area contributed by atoms with Crippen molar-refractivity contribution >= 4 is 33.4 Å². The van der Waals surface area contributed by atoms with Gasteiger partial charge in [0, 0.05) is 31.6 Å². The first-order valence-corrected chi connectivity index (χ1v) is 10.6. The molecular weight excluding hydrogens is 407 g/mol. The molecule has 0 aliphatic carbocycles. The van der Waals surface area contributed by atoms with E-state index in [4.69, 9.17) is 0 Å². The molecule has 2 amide bonds. The van der Waals surface area contributed by atoms with Crippen molar-refractivity contribution in [1.82, 2.24) is 19.8 Å². The lowest BCUT2D eigenvalue weighted by atomic mass is 9.95. The third-order valence-corrected chi connectivity index (χ3v) is 6.25. The average molecular weight is 428 g/mol. The van der Waals surface area contributed by atoms with Gasteiger partial charge in [0.1, 0.15) is 16.3 Å². The lowest BCUT2D eigenvalue weighted by molar-refractivity contribution is -0.136. The Morgan fingerprint density at radius 1 is 1.23 bits per heavy atom. The molecule has 0 saturated carbocycles. The highest BCUT2D eigenvalue weighted by atomic mass is 32.1. The second-order valence-electron chi connectivity index (χ2n) is 7.42. The topological polar surface area (TPSA) is 86.4 Å². The SMILES string of the molecule is CN(Cc1nc2ccsc2c(=O)[nH]1)C(=O)C1CCN(C(=O)c2ccc(F)cc2)CC1. The minimum atomic E-state index is -0.382. The molecule has 9 heteroatoms. The first-order chi connectivity index (χ1) is 14.4. The van der Waals surface area contributed by atoms with Crippen LogP contribution in [-0.4, -0.2) is 51.7 Å². The summed E-state index contributed by atoms with van der Waals surface area (Å²) in [6.45, 7) is 1.15. The molecule has 3 heterocycles. The third-order valence-electron chi connectivity index (χ3n) is 5.35. The number of halogens is 1. The van der Waals surface area contributed by atoms with Crippen molar-refractivity contribution in [2.24, 2.45) is 5.92 Å². The van der Waals surface area contributed by atoms with E-state index in [0.717, 1.165) is 0 Å². The van der Waals surface area contributed by atoms with Crippen LogP contribution in [0.5, 0.6) is 0 Å². The summed E-state index contributed by atoms with van der Waals surface area (Å²) in [6.07, 6.45) is 1.12. The number of piperidine rings is 1. The summed E-state index contributed by atoms with van der Waals surface area (Å²) < 4.78 is 13.6. The number of amides is 2. The van der Waals surface area contributed by atoms with Gasteiger partial charge in [-0.3, -0.25) is 14.4 Å². The van der Waals surface area contributed by atoms with Crippen LogP contribution in [0.1, 0.15) is 29.0 Å². The molecule has 0 bridgehead atoms. The quantitative estimate of drug-likeness (QED) is 0.692. The number of carbonyl (C=O) groups is 2. The number of H-pyrrole nitrogens is 1. The van der Waals surface area contributed by atoms with E-state index < -0.39 is 0 Å². The molecule has 7 nitrogen and oxygen atoms in total. The summed E-state index contributed by atoms with van der Waals surface area (Å²) >= 11 is 1.33. The molecule has 1 aromatic carbocycles. The van der Waals surface area contributed by atoms with Crippen LogP contribution in [0.3, 0.4) is 0 Å². The average Bonchev–Trinajstić information content (AvgIpc) is 3.22. The van der Waals surface area contributed by atoms with E-state index in [9.17, 15) is 18.8 Å². The number of hydrogen-bond acceptors (Lipinski definition) is 5. The Balaban J connectivity index is 1.35. The van der Waals surface area contributed by atoms with Crippen LogP contribution >= 0.6 is 11.3 Å². The smallest absolute Gasteiger partial charge is 0.268 e. The first-order valence-electron chi connectivity index (χ1n) is 9.68. The fourth-order valence-electron chi connectivity index (χ4n) is 3.72. The molecule has 0 radical (unpaired) electrons. The van der Waals surface area contributed by atoms with Crippen LogP contribution in [0.15, 0.2) is 40.5 Å². The van der Waals surface area contributed by atoms with Crippen molar-refractivity contribution in [3.8, 4) is 0 Å². The highest BCUT2D eigenvalue weighted by molar-refractivity contribution is 7.17. The number of benzene rings is 1. The van der Waals surface area contributed by atoms with Gasteiger partial charge in [0.25, 0.3) is 11.5 Å². The number of hydrogen-bond donors (Lipinski definition) is 1. The van der Waals surface area contributed by atoms with Gasteiger partial charge in [0.05, 0.1) is 12.1 Å². The molecule has 2 aromatic heterocycles. The predicted octanol–water partition coefficient (Wildman–Crippen LogP) is 2.63. The van der Waals surface area contributed by atoms with Crippen LogP contribution < -0.4 is 5.56 Å². The molecule has 1 fully saturated rings. The standard InChI is InChI=1S/C21H21FN4O3S/c1-25(12-17-23-16-8-11-30-18(16)19(27)24-17)20(28)14-6-9-26(10-7-14)21(29)13-2-4-15(22)5-3-13/h2-5,8,11,14H,6-7,9-10,12H2,1H3,(H,23,24,27). The van der Waals surface area contributed by atoms with Crippen molar-refractivity contribution in [2.45, 2.75) is 19.4 Å². The lowest BCUT2D eigenvalue weighted by Crippen LogP contribution is -2.43. The van der Waals surface area contributed by atoms with Crippen molar-refractivity contribution < 1.29 is 14.0 Å². The van der Waals surface area contributed by atoms with Gasteiger partial charge in [0.15, 0.2) is 0 Å². The number of nitrogens with one attached hydrogen (secondary N) is 1. The van der Waals surface area contributed by atoms with Crippen LogP contribution in [0, 0.1) is 11.7 Å². The molecule has 1 aliphatic rings. The minimum absolute atomic E-state index is 0.0306. The van der Waals surface area contributed by atoms with E-state index in [0.29, 0.717) is 47.5 Å². The largest absolute Gasteiger partial charge is 0.339 e. The van der Waals surface area contributed by atoms with Crippen LogP contribution in [0.25, 0.3) is 10.2 Å². The van der Waals surface area contributed by atoms with E-state index in [1.165, 1.54) is 35.6 Å². The van der Waals surface area contributed by atoms with E-state index in [-0.39, 0.29) is 35.7 Å². The van der Waals surface area contributed by atoms with E-state index in [2.05, 4.69) is 9.97 Å². The Morgan fingerprint density at radius 3 is 2.63 bits per heavy atom. The number of fused-ring (bicyclic) bond motifs is 1. The lowest BCUT2D eigenvalue weighted by Gasteiger charge is -2.33. The molecule has 0 unspecified atom stereocenters. The molecule has 1 aliphatic heterocycles. The minimum Gasteiger partial charge on any atom is -0.339 e. The molecule has 3 aromatic rings. The maximum Gasteiger partial charge on any atom is 0.268 e. The number of carbonyl (C=O) groups excluding carboxylic acids is 2. The molecule has 1 N–H and O–H groups in total. The molecule has 0 spiro atoms. The zero-order chi connectivity index (χ0) is 21.3. The molecule has 30 heavy (non-hydrogen) atoms. The number of thiophene rings is 1. The number of aromatic amines is 1. The van der Waals surface area contributed by atoms with Gasteiger partial charge in [-0.2, -0.15) is 0 Å². The summed E-state index contributed by atoms with van der Waals surface area (Å²) in [7, 11) is 1.69. The van der Waals surface area contributed by atoms with E-state index in [1.807, 2.05) is 5.38 Å². The molecule has 0 atom stereocenters. The number of nitrogens with zero attached hydrogens (tertiary/aromatic N) is 3. The van der Waals surface area contributed by atoms with Gasteiger partial charge in [-0.1, -0.05) is 0 Å². The zero-order valence-corrected chi connectivity index (χ0v) is 17.2.